The van der Waals surface area contributed by atoms with E-state index in [0.29, 0.717) is 6.61 Å². The van der Waals surface area contributed by atoms with Crippen LogP contribution in [0.5, 0.6) is 0 Å². The first-order valence-corrected chi connectivity index (χ1v) is 8.98. The topological polar surface area (TPSA) is 44.8 Å². The van der Waals surface area contributed by atoms with Crippen LogP contribution in [0.25, 0.3) is 0 Å². The average molecular weight is 353 g/mol. The number of rotatable bonds is 6. The zero-order chi connectivity index (χ0) is 14.7. The van der Waals surface area contributed by atoms with Crippen molar-refractivity contribution in [3.05, 3.63) is 42.5 Å². The molecule has 4 nitrogen and oxygen atoms in total. The van der Waals surface area contributed by atoms with Gasteiger partial charge in [-0.1, -0.05) is 0 Å². The molecule has 0 radical (unpaired) electrons. The molecule has 112 valence electrons. The number of ether oxygens (including phenoxy) is 3. The third-order valence-electron chi connectivity index (χ3n) is 3.44. The van der Waals surface area contributed by atoms with Crippen LogP contribution in [0.4, 0.5) is 0 Å². The van der Waals surface area contributed by atoms with Gasteiger partial charge in [0.2, 0.25) is 0 Å². The second-order valence-electron chi connectivity index (χ2n) is 4.95. The van der Waals surface area contributed by atoms with Crippen LogP contribution in [0.15, 0.2) is 42.5 Å². The molecule has 5 heteroatoms. The second-order valence-corrected chi connectivity index (χ2v) is 7.33. The van der Waals surface area contributed by atoms with E-state index in [0.717, 1.165) is 10.9 Å². The molecular formula is C16H18O4Se. The van der Waals surface area contributed by atoms with Gasteiger partial charge >= 0.3 is 130 Å². The van der Waals surface area contributed by atoms with E-state index in [1.165, 1.54) is 0 Å². The number of hydrogen-bond donors (Lipinski definition) is 0. The standard InChI is InChI=1S/C16H18O4Se/c1-2-18-15(17)16(21-12-6-4-3-5-7-12)20-14-10-11-8-9-13(14)19-11/h3-9,11,13-14,16H,2,10H2,1H3/t11-,13+,14+,16?/m1/s1. The quantitative estimate of drug-likeness (QED) is 0.435. The van der Waals surface area contributed by atoms with Crippen molar-refractivity contribution in [1.82, 2.24) is 0 Å². The van der Waals surface area contributed by atoms with Crippen LogP contribution in [0.3, 0.4) is 0 Å². The molecule has 0 aromatic heterocycles. The molecule has 2 aliphatic rings. The summed E-state index contributed by atoms with van der Waals surface area (Å²) < 4.78 is 18.0. The second kappa shape index (κ2) is 6.75. The van der Waals surface area contributed by atoms with Crippen LogP contribution in [0.1, 0.15) is 13.3 Å². The van der Waals surface area contributed by atoms with Gasteiger partial charge in [0, 0.05) is 0 Å². The number of carbonyl (C=O) groups is 1. The predicted octanol–water partition coefficient (Wildman–Crippen LogP) is 1.02. The summed E-state index contributed by atoms with van der Waals surface area (Å²) in [7, 11) is 0. The van der Waals surface area contributed by atoms with Crippen LogP contribution in [0.2, 0.25) is 0 Å². The summed E-state index contributed by atoms with van der Waals surface area (Å²) >= 11 is -0.112. The summed E-state index contributed by atoms with van der Waals surface area (Å²) in [6.07, 6.45) is 5.00. The zero-order valence-electron chi connectivity index (χ0n) is 11.8. The van der Waals surface area contributed by atoms with E-state index >= 15 is 0 Å². The molecule has 1 unspecified atom stereocenters. The fourth-order valence-electron chi connectivity index (χ4n) is 2.49. The van der Waals surface area contributed by atoms with Crippen LogP contribution >= 0.6 is 0 Å². The fraction of sp³-hybridized carbons (Fsp3) is 0.438. The number of esters is 1. The van der Waals surface area contributed by atoms with E-state index in [2.05, 4.69) is 6.08 Å². The van der Waals surface area contributed by atoms with Gasteiger partial charge in [0.1, 0.15) is 0 Å². The molecule has 3 rings (SSSR count). The van der Waals surface area contributed by atoms with Gasteiger partial charge in [-0.15, -0.1) is 0 Å². The summed E-state index contributed by atoms with van der Waals surface area (Å²) in [5.41, 5.74) is 0. The third kappa shape index (κ3) is 3.55. The summed E-state index contributed by atoms with van der Waals surface area (Å²) in [6.45, 7) is 2.19. The Morgan fingerprint density at radius 2 is 2.19 bits per heavy atom. The molecule has 4 atom stereocenters. The Labute approximate surface area is 130 Å². The van der Waals surface area contributed by atoms with E-state index in [9.17, 15) is 4.79 Å². The Balaban J connectivity index is 1.67. The summed E-state index contributed by atoms with van der Waals surface area (Å²) in [6, 6.07) is 9.96. The summed E-state index contributed by atoms with van der Waals surface area (Å²) in [5, 5.41) is -0.513. The van der Waals surface area contributed by atoms with E-state index in [4.69, 9.17) is 14.2 Å². The van der Waals surface area contributed by atoms with Gasteiger partial charge in [-0.3, -0.25) is 0 Å². The molecule has 21 heavy (non-hydrogen) atoms. The van der Waals surface area contributed by atoms with Crippen molar-refractivity contribution >= 4 is 25.4 Å². The monoisotopic (exact) mass is 354 g/mol. The molecule has 0 saturated carbocycles. The van der Waals surface area contributed by atoms with Gasteiger partial charge in [0.25, 0.3) is 0 Å². The molecule has 2 aliphatic heterocycles. The molecule has 2 heterocycles. The normalized spacial score (nSPS) is 27.8. The van der Waals surface area contributed by atoms with Crippen molar-refractivity contribution in [3.63, 3.8) is 0 Å². The van der Waals surface area contributed by atoms with Crippen molar-refractivity contribution < 1.29 is 19.0 Å². The van der Waals surface area contributed by atoms with E-state index in [1.807, 2.05) is 43.3 Å². The van der Waals surface area contributed by atoms with Crippen molar-refractivity contribution in [2.24, 2.45) is 0 Å². The maximum atomic E-state index is 12.2. The van der Waals surface area contributed by atoms with Crippen LogP contribution < -0.4 is 4.46 Å². The molecule has 0 amide bonds. The number of fused-ring (bicyclic) bond motifs is 2. The molecule has 0 aliphatic carbocycles. The van der Waals surface area contributed by atoms with E-state index in [-0.39, 0.29) is 39.2 Å². The Morgan fingerprint density at radius 1 is 1.38 bits per heavy atom. The first-order chi connectivity index (χ1) is 10.3. The fourth-order valence-corrected chi connectivity index (χ4v) is 4.43. The van der Waals surface area contributed by atoms with Crippen molar-refractivity contribution in [3.8, 4) is 0 Å². The SMILES string of the molecule is CCOC(=O)C(O[C@H]1C[C@H]2C=C[C@@H]1O2)[Se]c1ccccc1. The Kier molecular flexibility index (Phi) is 4.76. The first-order valence-electron chi connectivity index (χ1n) is 7.14. The third-order valence-corrected chi connectivity index (χ3v) is 5.67. The van der Waals surface area contributed by atoms with E-state index in [1.54, 1.807) is 0 Å². The minimum atomic E-state index is -0.513. The molecule has 1 saturated heterocycles. The maximum absolute atomic E-state index is 12.2. The van der Waals surface area contributed by atoms with Crippen LogP contribution in [0, 0.1) is 0 Å². The molecular weight excluding hydrogens is 335 g/mol. The van der Waals surface area contributed by atoms with Gasteiger partial charge in [-0.25, -0.2) is 0 Å². The molecule has 1 aromatic carbocycles. The predicted molar refractivity (Wildman–Crippen MR) is 79.5 cm³/mol. The first kappa shape index (κ1) is 14.8. The Hall–Kier alpha value is -1.13. The Bertz CT molecular complexity index is 516. The van der Waals surface area contributed by atoms with Gasteiger partial charge in [0.05, 0.1) is 0 Å². The number of hydrogen-bond acceptors (Lipinski definition) is 4. The molecule has 1 aromatic rings. The molecule has 2 bridgehead atoms. The minimum absolute atomic E-state index is 0.0153. The van der Waals surface area contributed by atoms with Crippen molar-refractivity contribution in [2.75, 3.05) is 6.61 Å². The average Bonchev–Trinajstić information content (AvgIpc) is 3.10. The van der Waals surface area contributed by atoms with Crippen LogP contribution in [-0.4, -0.2) is 50.8 Å². The number of benzene rings is 1. The van der Waals surface area contributed by atoms with Gasteiger partial charge in [-0.2, -0.15) is 0 Å². The molecule has 1 fully saturated rings. The van der Waals surface area contributed by atoms with Gasteiger partial charge < -0.3 is 0 Å². The van der Waals surface area contributed by atoms with E-state index < -0.39 is 5.00 Å². The van der Waals surface area contributed by atoms with Crippen molar-refractivity contribution in [2.45, 2.75) is 36.7 Å². The van der Waals surface area contributed by atoms with Gasteiger partial charge in [0.15, 0.2) is 0 Å². The molecule has 0 spiro atoms. The van der Waals surface area contributed by atoms with Gasteiger partial charge in [-0.05, 0) is 0 Å². The summed E-state index contributed by atoms with van der Waals surface area (Å²) in [4.78, 5) is 12.2. The zero-order valence-corrected chi connectivity index (χ0v) is 13.5. The van der Waals surface area contributed by atoms with Crippen molar-refractivity contribution in [1.29, 1.82) is 0 Å². The summed E-state index contributed by atoms with van der Waals surface area (Å²) in [5.74, 6) is -0.270. The molecule has 0 N–H and O–H groups in total. The Morgan fingerprint density at radius 3 is 2.81 bits per heavy atom. The van der Waals surface area contributed by atoms with Crippen LogP contribution in [-0.2, 0) is 19.0 Å². The number of carbonyl (C=O) groups excluding carboxylic acids is 1.